The molecule has 0 fully saturated rings. The number of hydrogen-bond acceptors (Lipinski definition) is 3. The molecule has 0 aliphatic heterocycles. The van der Waals surface area contributed by atoms with Crippen LogP contribution in [0.2, 0.25) is 0 Å². The topological polar surface area (TPSA) is 78.4 Å². The summed E-state index contributed by atoms with van der Waals surface area (Å²) in [6, 6.07) is 9.54. The van der Waals surface area contributed by atoms with Crippen LogP contribution < -0.4 is 10.6 Å². The third-order valence-corrected chi connectivity index (χ3v) is 4.99. The van der Waals surface area contributed by atoms with Crippen LogP contribution in [0.25, 0.3) is 0 Å². The van der Waals surface area contributed by atoms with E-state index < -0.39 is 17.8 Å². The first-order chi connectivity index (χ1) is 14.0. The van der Waals surface area contributed by atoms with Gasteiger partial charge in [-0.15, -0.1) is 6.42 Å². The number of aliphatic hydroxyl groups is 1. The summed E-state index contributed by atoms with van der Waals surface area (Å²) in [5.74, 6) is 0.622. The van der Waals surface area contributed by atoms with E-state index in [9.17, 15) is 19.1 Å². The minimum Gasteiger partial charge on any atom is -0.389 e. The molecule has 150 valence electrons. The van der Waals surface area contributed by atoms with Crippen LogP contribution in [0.3, 0.4) is 0 Å². The van der Waals surface area contributed by atoms with Gasteiger partial charge in [-0.05, 0) is 67.1 Å². The summed E-state index contributed by atoms with van der Waals surface area (Å²) in [6.07, 6.45) is 8.51. The SMILES string of the molecule is C#Cc1ccc(C(=O)NCC(O)CNC(=O)c2ccc3c(c2)CCCC3)c(F)c1. The second kappa shape index (κ2) is 9.35. The van der Waals surface area contributed by atoms with Crippen molar-refractivity contribution in [1.82, 2.24) is 10.6 Å². The molecule has 5 nitrogen and oxygen atoms in total. The van der Waals surface area contributed by atoms with Crippen molar-refractivity contribution in [2.45, 2.75) is 31.8 Å². The molecule has 2 amide bonds. The largest absolute Gasteiger partial charge is 0.389 e. The molecule has 2 aromatic rings. The quantitative estimate of drug-likeness (QED) is 0.658. The number of hydrogen-bond donors (Lipinski definition) is 3. The van der Waals surface area contributed by atoms with Gasteiger partial charge in [0.05, 0.1) is 11.7 Å². The van der Waals surface area contributed by atoms with Crippen molar-refractivity contribution in [3.63, 3.8) is 0 Å². The number of aliphatic hydroxyl groups excluding tert-OH is 1. The van der Waals surface area contributed by atoms with Gasteiger partial charge in [0.1, 0.15) is 5.82 Å². The fourth-order valence-corrected chi connectivity index (χ4v) is 3.35. The fraction of sp³-hybridized carbons (Fsp3) is 0.304. The van der Waals surface area contributed by atoms with Crippen LogP contribution in [0.5, 0.6) is 0 Å². The van der Waals surface area contributed by atoms with E-state index in [1.54, 1.807) is 6.07 Å². The normalized spacial score (nSPS) is 13.7. The summed E-state index contributed by atoms with van der Waals surface area (Å²) in [6.45, 7) is -0.158. The van der Waals surface area contributed by atoms with Crippen molar-refractivity contribution >= 4 is 11.8 Å². The molecule has 3 N–H and O–H groups in total. The number of terminal acetylenes is 1. The Morgan fingerprint density at radius 3 is 2.41 bits per heavy atom. The molecule has 0 spiro atoms. The molecule has 0 bridgehead atoms. The Balaban J connectivity index is 1.48. The van der Waals surface area contributed by atoms with Crippen molar-refractivity contribution in [2.75, 3.05) is 13.1 Å². The number of fused-ring (bicyclic) bond motifs is 1. The minimum absolute atomic E-state index is 0.0330. The summed E-state index contributed by atoms with van der Waals surface area (Å²) >= 11 is 0. The van der Waals surface area contributed by atoms with Crippen molar-refractivity contribution in [1.29, 1.82) is 0 Å². The molecule has 1 aliphatic carbocycles. The van der Waals surface area contributed by atoms with Crippen molar-refractivity contribution in [2.24, 2.45) is 0 Å². The van der Waals surface area contributed by atoms with Crippen molar-refractivity contribution < 1.29 is 19.1 Å². The smallest absolute Gasteiger partial charge is 0.254 e. The highest BCUT2D eigenvalue weighted by Gasteiger charge is 2.16. The predicted molar refractivity (Wildman–Crippen MR) is 108 cm³/mol. The summed E-state index contributed by atoms with van der Waals surface area (Å²) in [4.78, 5) is 24.4. The molecule has 0 saturated carbocycles. The van der Waals surface area contributed by atoms with E-state index >= 15 is 0 Å². The highest BCUT2D eigenvalue weighted by atomic mass is 19.1. The van der Waals surface area contributed by atoms with Gasteiger partial charge in [0, 0.05) is 24.2 Å². The minimum atomic E-state index is -1.01. The molecular formula is C23H23FN2O3. The van der Waals surface area contributed by atoms with Gasteiger partial charge in [-0.3, -0.25) is 9.59 Å². The van der Waals surface area contributed by atoms with Gasteiger partial charge >= 0.3 is 0 Å². The zero-order valence-corrected chi connectivity index (χ0v) is 16.0. The van der Waals surface area contributed by atoms with Gasteiger partial charge < -0.3 is 15.7 Å². The van der Waals surface area contributed by atoms with E-state index in [1.807, 2.05) is 12.1 Å². The van der Waals surface area contributed by atoms with Crippen LogP contribution in [0.15, 0.2) is 36.4 Å². The Hall–Kier alpha value is -3.17. The van der Waals surface area contributed by atoms with Crippen LogP contribution in [-0.2, 0) is 12.8 Å². The Morgan fingerprint density at radius 1 is 1.03 bits per heavy atom. The standard InChI is InChI=1S/C23H23FN2O3/c1-2-15-7-10-20(21(24)11-15)23(29)26-14-19(27)13-25-22(28)18-9-8-16-5-3-4-6-17(16)12-18/h1,7-12,19,27H,3-6,13-14H2,(H,25,28)(H,26,29). The number of amides is 2. The maximum atomic E-state index is 13.9. The molecule has 0 radical (unpaired) electrons. The van der Waals surface area contributed by atoms with Gasteiger partial charge in [-0.2, -0.15) is 0 Å². The summed E-state index contributed by atoms with van der Waals surface area (Å²) in [5.41, 5.74) is 3.23. The summed E-state index contributed by atoms with van der Waals surface area (Å²) < 4.78 is 13.9. The maximum Gasteiger partial charge on any atom is 0.254 e. The highest BCUT2D eigenvalue weighted by Crippen LogP contribution is 2.22. The predicted octanol–water partition coefficient (Wildman–Crippen LogP) is 2.21. The fourth-order valence-electron chi connectivity index (χ4n) is 3.35. The number of benzene rings is 2. The first kappa shape index (κ1) is 20.6. The van der Waals surface area contributed by atoms with E-state index in [-0.39, 0.29) is 24.6 Å². The average Bonchev–Trinajstić information content (AvgIpc) is 2.75. The van der Waals surface area contributed by atoms with Crippen molar-refractivity contribution in [3.05, 3.63) is 70.0 Å². The average molecular weight is 394 g/mol. The number of halogens is 1. The van der Waals surface area contributed by atoms with Crippen LogP contribution in [0.1, 0.15) is 50.2 Å². The molecule has 6 heteroatoms. The highest BCUT2D eigenvalue weighted by molar-refractivity contribution is 5.95. The molecule has 0 heterocycles. The zero-order valence-electron chi connectivity index (χ0n) is 16.0. The Labute approximate surface area is 169 Å². The Morgan fingerprint density at radius 2 is 1.72 bits per heavy atom. The van der Waals surface area contributed by atoms with Gasteiger partial charge in [-0.25, -0.2) is 4.39 Å². The number of carbonyl (C=O) groups is 2. The number of nitrogens with one attached hydrogen (secondary N) is 2. The molecule has 3 rings (SSSR count). The van der Waals surface area contributed by atoms with Gasteiger partial charge in [0.2, 0.25) is 0 Å². The van der Waals surface area contributed by atoms with E-state index in [0.717, 1.165) is 25.3 Å². The van der Waals surface area contributed by atoms with Gasteiger partial charge in [0.15, 0.2) is 0 Å². The first-order valence-corrected chi connectivity index (χ1v) is 9.60. The zero-order chi connectivity index (χ0) is 20.8. The van der Waals surface area contributed by atoms with Crippen LogP contribution in [0.4, 0.5) is 4.39 Å². The van der Waals surface area contributed by atoms with E-state index in [4.69, 9.17) is 6.42 Å². The van der Waals surface area contributed by atoms with Crippen LogP contribution in [-0.4, -0.2) is 36.1 Å². The number of carbonyl (C=O) groups excluding carboxylic acids is 2. The molecule has 2 aromatic carbocycles. The van der Waals surface area contributed by atoms with Crippen LogP contribution in [0, 0.1) is 18.2 Å². The lowest BCUT2D eigenvalue weighted by Gasteiger charge is -2.17. The van der Waals surface area contributed by atoms with E-state index in [0.29, 0.717) is 11.1 Å². The van der Waals surface area contributed by atoms with E-state index in [1.165, 1.54) is 29.7 Å². The lowest BCUT2D eigenvalue weighted by molar-refractivity contribution is 0.0883. The molecule has 0 aromatic heterocycles. The molecule has 1 aliphatic rings. The number of aryl methyl sites for hydroxylation is 2. The van der Waals surface area contributed by atoms with Gasteiger partial charge in [-0.1, -0.05) is 12.0 Å². The third kappa shape index (κ3) is 5.21. The van der Waals surface area contributed by atoms with Crippen molar-refractivity contribution in [3.8, 4) is 12.3 Å². The molecule has 1 unspecified atom stereocenters. The second-order valence-corrected chi connectivity index (χ2v) is 7.10. The molecule has 29 heavy (non-hydrogen) atoms. The maximum absolute atomic E-state index is 13.9. The lowest BCUT2D eigenvalue weighted by Crippen LogP contribution is -2.40. The number of rotatable bonds is 6. The summed E-state index contributed by atoms with van der Waals surface area (Å²) in [7, 11) is 0. The van der Waals surface area contributed by atoms with Crippen LogP contribution >= 0.6 is 0 Å². The third-order valence-electron chi connectivity index (χ3n) is 4.99. The first-order valence-electron chi connectivity index (χ1n) is 9.60. The van der Waals surface area contributed by atoms with Gasteiger partial charge in [0.25, 0.3) is 11.8 Å². The lowest BCUT2D eigenvalue weighted by atomic mass is 9.90. The Kier molecular flexibility index (Phi) is 6.63. The second-order valence-electron chi connectivity index (χ2n) is 7.10. The molecule has 0 saturated heterocycles. The molecular weight excluding hydrogens is 371 g/mol. The molecule has 1 atom stereocenters. The summed E-state index contributed by atoms with van der Waals surface area (Å²) in [5, 5.41) is 15.1. The van der Waals surface area contributed by atoms with E-state index in [2.05, 4.69) is 16.6 Å². The Bertz CT molecular complexity index is 965. The monoisotopic (exact) mass is 394 g/mol.